The number of hydrogen-bond acceptors (Lipinski definition) is 5. The molecule has 1 amide bonds. The van der Waals surface area contributed by atoms with Crippen molar-refractivity contribution >= 4 is 28.0 Å². The molecule has 1 aromatic heterocycles. The second-order valence-corrected chi connectivity index (χ2v) is 10.9. The van der Waals surface area contributed by atoms with E-state index in [0.29, 0.717) is 23.4 Å². The van der Waals surface area contributed by atoms with Crippen LogP contribution in [0.1, 0.15) is 76.5 Å². The molecule has 0 spiro atoms. The Labute approximate surface area is 208 Å². The Bertz CT molecular complexity index is 1120. The average molecular weight is 505 g/mol. The third-order valence-corrected chi connectivity index (χ3v) is 6.73. The summed E-state index contributed by atoms with van der Waals surface area (Å²) in [6, 6.07) is 5.96. The number of hydrogen-bond donors (Lipinski definition) is 1. The van der Waals surface area contributed by atoms with Crippen LogP contribution in [0.25, 0.3) is 17.3 Å². The fourth-order valence-electron chi connectivity index (χ4n) is 3.44. The highest BCUT2D eigenvalue weighted by Crippen LogP contribution is 2.31. The Hall–Kier alpha value is -2.81. The number of carbonyl (C=O) groups excluding carboxylic acids is 1. The highest BCUT2D eigenvalue weighted by molar-refractivity contribution is 7.92. The van der Waals surface area contributed by atoms with Gasteiger partial charge in [0.25, 0.3) is 0 Å². The highest BCUT2D eigenvalue weighted by atomic mass is 32.2. The fraction of sp³-hybridized carbons (Fsp3) is 0.500. The zero-order valence-electron chi connectivity index (χ0n) is 21.3. The van der Waals surface area contributed by atoms with Gasteiger partial charge in [-0.1, -0.05) is 39.3 Å². The minimum atomic E-state index is -3.56. The van der Waals surface area contributed by atoms with Crippen molar-refractivity contribution in [1.29, 1.82) is 0 Å². The van der Waals surface area contributed by atoms with Crippen LogP contribution in [0, 0.1) is 5.82 Å². The zero-order chi connectivity index (χ0) is 26.0. The van der Waals surface area contributed by atoms with Crippen molar-refractivity contribution < 1.29 is 17.6 Å². The second-order valence-electron chi connectivity index (χ2n) is 8.91. The van der Waals surface area contributed by atoms with Gasteiger partial charge in [-0.2, -0.15) is 0 Å². The van der Waals surface area contributed by atoms with Crippen molar-refractivity contribution in [1.82, 2.24) is 15.3 Å². The van der Waals surface area contributed by atoms with Crippen LogP contribution in [0.2, 0.25) is 0 Å². The number of rotatable bonds is 13. The molecular formula is C26H37FN4O3S. The molecular weight excluding hydrogens is 467 g/mol. The van der Waals surface area contributed by atoms with Gasteiger partial charge in [0.2, 0.25) is 21.9 Å². The molecule has 0 radical (unpaired) electrons. The SMILES string of the molecule is CCCCNC(=O)CCCC/C=C/c1c(-c2ccc(F)cc2)nc(N(C)S(C)(=O)=O)nc1C(C)C. The molecule has 0 bridgehead atoms. The number of halogens is 1. The maximum atomic E-state index is 13.6. The van der Waals surface area contributed by atoms with E-state index in [1.165, 1.54) is 19.2 Å². The van der Waals surface area contributed by atoms with Crippen molar-refractivity contribution in [3.8, 4) is 11.3 Å². The van der Waals surface area contributed by atoms with E-state index in [9.17, 15) is 17.6 Å². The van der Waals surface area contributed by atoms with Gasteiger partial charge in [0.1, 0.15) is 5.82 Å². The van der Waals surface area contributed by atoms with Gasteiger partial charge in [0.05, 0.1) is 17.6 Å². The summed E-state index contributed by atoms with van der Waals surface area (Å²) in [6.45, 7) is 6.78. The zero-order valence-corrected chi connectivity index (χ0v) is 22.2. The second kappa shape index (κ2) is 13.3. The maximum absolute atomic E-state index is 13.6. The Kier molecular flexibility index (Phi) is 10.8. The molecule has 35 heavy (non-hydrogen) atoms. The molecule has 0 aliphatic heterocycles. The molecule has 0 aliphatic carbocycles. The van der Waals surface area contributed by atoms with Crippen LogP contribution in [0.15, 0.2) is 30.3 Å². The monoisotopic (exact) mass is 504 g/mol. The van der Waals surface area contributed by atoms with Crippen LogP contribution in [0.4, 0.5) is 10.3 Å². The number of unbranched alkanes of at least 4 members (excludes halogenated alkanes) is 3. The molecule has 0 fully saturated rings. The Morgan fingerprint density at radius 2 is 1.83 bits per heavy atom. The van der Waals surface area contributed by atoms with Crippen molar-refractivity contribution in [2.75, 3.05) is 24.2 Å². The van der Waals surface area contributed by atoms with Gasteiger partial charge in [0.15, 0.2) is 0 Å². The lowest BCUT2D eigenvalue weighted by molar-refractivity contribution is -0.121. The summed E-state index contributed by atoms with van der Waals surface area (Å²) in [4.78, 5) is 21.0. The molecule has 1 N–H and O–H groups in total. The van der Waals surface area contributed by atoms with Gasteiger partial charge in [-0.3, -0.25) is 4.79 Å². The van der Waals surface area contributed by atoms with Gasteiger partial charge in [-0.05, 0) is 55.9 Å². The van der Waals surface area contributed by atoms with Crippen molar-refractivity contribution in [2.45, 2.75) is 65.2 Å². The summed E-state index contributed by atoms with van der Waals surface area (Å²) < 4.78 is 38.9. The molecule has 0 saturated heterocycles. The van der Waals surface area contributed by atoms with E-state index in [1.54, 1.807) is 12.1 Å². The first-order valence-corrected chi connectivity index (χ1v) is 13.9. The Morgan fingerprint density at radius 3 is 2.43 bits per heavy atom. The normalized spacial score (nSPS) is 11.9. The third kappa shape index (κ3) is 8.72. The molecule has 192 valence electrons. The van der Waals surface area contributed by atoms with E-state index >= 15 is 0 Å². The predicted molar refractivity (Wildman–Crippen MR) is 140 cm³/mol. The summed E-state index contributed by atoms with van der Waals surface area (Å²) >= 11 is 0. The molecule has 0 saturated carbocycles. The summed E-state index contributed by atoms with van der Waals surface area (Å²) in [6.07, 6.45) is 10.0. The van der Waals surface area contributed by atoms with Gasteiger partial charge < -0.3 is 5.32 Å². The van der Waals surface area contributed by atoms with E-state index < -0.39 is 10.0 Å². The van der Waals surface area contributed by atoms with E-state index in [4.69, 9.17) is 0 Å². The minimum Gasteiger partial charge on any atom is -0.356 e. The lowest BCUT2D eigenvalue weighted by Crippen LogP contribution is -2.27. The maximum Gasteiger partial charge on any atom is 0.239 e. The Morgan fingerprint density at radius 1 is 1.14 bits per heavy atom. The standard InChI is InChI=1S/C26H37FN4O3S/c1-6-7-18-28-23(32)13-11-9-8-10-12-22-24(19(2)3)29-26(31(4)35(5,33)34)30-25(22)20-14-16-21(27)17-15-20/h10,12,14-17,19H,6-9,11,13,18H2,1-5H3,(H,28,32)/b12-10+. The summed E-state index contributed by atoms with van der Waals surface area (Å²) in [5.41, 5.74) is 2.69. The number of nitrogens with zero attached hydrogens (tertiary/aromatic N) is 3. The van der Waals surface area contributed by atoms with Gasteiger partial charge in [0, 0.05) is 31.1 Å². The molecule has 2 aromatic rings. The van der Waals surface area contributed by atoms with Crippen LogP contribution < -0.4 is 9.62 Å². The topological polar surface area (TPSA) is 92.3 Å². The molecule has 2 rings (SSSR count). The van der Waals surface area contributed by atoms with Gasteiger partial charge >= 0.3 is 0 Å². The van der Waals surface area contributed by atoms with Crippen LogP contribution in [-0.2, 0) is 14.8 Å². The molecule has 7 nitrogen and oxygen atoms in total. The van der Waals surface area contributed by atoms with Gasteiger partial charge in [-0.25, -0.2) is 27.1 Å². The van der Waals surface area contributed by atoms with Crippen LogP contribution in [0.5, 0.6) is 0 Å². The number of nitrogens with one attached hydrogen (secondary N) is 1. The number of benzene rings is 1. The van der Waals surface area contributed by atoms with E-state index in [0.717, 1.165) is 54.8 Å². The number of sulfonamides is 1. The first-order valence-electron chi connectivity index (χ1n) is 12.1. The largest absolute Gasteiger partial charge is 0.356 e. The van der Waals surface area contributed by atoms with Crippen LogP contribution in [-0.4, -0.2) is 44.1 Å². The lowest BCUT2D eigenvalue weighted by atomic mass is 9.97. The molecule has 0 aliphatic rings. The van der Waals surface area contributed by atoms with E-state index in [1.807, 2.05) is 26.0 Å². The van der Waals surface area contributed by atoms with Crippen molar-refractivity contribution in [3.05, 3.63) is 47.4 Å². The number of anilines is 1. The molecule has 0 unspecified atom stereocenters. The molecule has 9 heteroatoms. The first kappa shape index (κ1) is 28.4. The molecule has 0 atom stereocenters. The van der Waals surface area contributed by atoms with Crippen LogP contribution >= 0.6 is 0 Å². The first-order chi connectivity index (χ1) is 16.5. The average Bonchev–Trinajstić information content (AvgIpc) is 2.80. The minimum absolute atomic E-state index is 0.00428. The van der Waals surface area contributed by atoms with Crippen molar-refractivity contribution in [3.63, 3.8) is 0 Å². The fourth-order valence-corrected chi connectivity index (χ4v) is 3.82. The smallest absolute Gasteiger partial charge is 0.239 e. The summed E-state index contributed by atoms with van der Waals surface area (Å²) in [7, 11) is -2.15. The van der Waals surface area contributed by atoms with E-state index in [2.05, 4.69) is 22.2 Å². The number of aromatic nitrogens is 2. The van der Waals surface area contributed by atoms with Crippen LogP contribution in [0.3, 0.4) is 0 Å². The summed E-state index contributed by atoms with van der Waals surface area (Å²) in [5, 5.41) is 2.93. The predicted octanol–water partition coefficient (Wildman–Crippen LogP) is 5.29. The third-order valence-electron chi connectivity index (χ3n) is 5.57. The highest BCUT2D eigenvalue weighted by Gasteiger charge is 2.22. The lowest BCUT2D eigenvalue weighted by Gasteiger charge is -2.20. The molecule has 1 aromatic carbocycles. The van der Waals surface area contributed by atoms with Crippen molar-refractivity contribution in [2.24, 2.45) is 0 Å². The number of carbonyl (C=O) groups is 1. The number of amides is 1. The van der Waals surface area contributed by atoms with Gasteiger partial charge in [-0.15, -0.1) is 0 Å². The summed E-state index contributed by atoms with van der Waals surface area (Å²) in [5.74, 6) is -0.213. The quantitative estimate of drug-likeness (QED) is 0.374. The molecule has 1 heterocycles. The van der Waals surface area contributed by atoms with E-state index in [-0.39, 0.29) is 23.6 Å². The Balaban J connectivity index is 2.29. The number of allylic oxidation sites excluding steroid dienone is 1.